The largest absolute Gasteiger partial charge is 0.508 e. The lowest BCUT2D eigenvalue weighted by atomic mass is 10.1. The molecule has 0 saturated carbocycles. The van der Waals surface area contributed by atoms with Crippen molar-refractivity contribution in [3.05, 3.63) is 58.2 Å². The van der Waals surface area contributed by atoms with Crippen LogP contribution in [0.5, 0.6) is 5.75 Å². The van der Waals surface area contributed by atoms with Gasteiger partial charge in [-0.3, -0.25) is 0 Å². The molecular weight excluding hydrogens is 328 g/mol. The number of aromatic nitrogens is 4. The molecule has 1 N–H and O–H groups in total. The average molecular weight is 340 g/mol. The van der Waals surface area contributed by atoms with Crippen molar-refractivity contribution in [1.29, 1.82) is 0 Å². The van der Waals surface area contributed by atoms with Gasteiger partial charge in [-0.1, -0.05) is 11.8 Å². The molecule has 7 nitrogen and oxygen atoms in total. The second kappa shape index (κ2) is 5.64. The van der Waals surface area contributed by atoms with Crippen LogP contribution in [0.25, 0.3) is 16.7 Å². The fourth-order valence-electron chi connectivity index (χ4n) is 2.45. The summed E-state index contributed by atoms with van der Waals surface area (Å²) in [5.41, 5.74) is 1.31. The SMILES string of the molecule is Cc1c(O)ccc2c(CSc3nc4ncccn4n3)cc(=O)oc12. The molecule has 0 fully saturated rings. The summed E-state index contributed by atoms with van der Waals surface area (Å²) in [4.78, 5) is 20.3. The summed E-state index contributed by atoms with van der Waals surface area (Å²) in [5, 5.41) is 15.5. The van der Waals surface area contributed by atoms with Crippen molar-refractivity contribution in [2.75, 3.05) is 0 Å². The topological polar surface area (TPSA) is 93.5 Å². The van der Waals surface area contributed by atoms with E-state index in [1.807, 2.05) is 0 Å². The molecule has 1 aromatic carbocycles. The molecule has 4 aromatic rings. The Morgan fingerprint density at radius 1 is 1.38 bits per heavy atom. The van der Waals surface area contributed by atoms with Crippen LogP contribution in [0.4, 0.5) is 0 Å². The van der Waals surface area contributed by atoms with Crippen LogP contribution in [0.15, 0.2) is 51.0 Å². The minimum atomic E-state index is -0.448. The monoisotopic (exact) mass is 340 g/mol. The summed E-state index contributed by atoms with van der Waals surface area (Å²) >= 11 is 1.41. The Labute approximate surface area is 140 Å². The Hall–Kier alpha value is -2.87. The Bertz CT molecular complexity index is 1090. The third-order valence-corrected chi connectivity index (χ3v) is 4.56. The Kier molecular flexibility index (Phi) is 3.46. The summed E-state index contributed by atoms with van der Waals surface area (Å²) in [6, 6.07) is 6.58. The molecule has 0 saturated heterocycles. The number of benzene rings is 1. The molecule has 0 aliphatic heterocycles. The van der Waals surface area contributed by atoms with Crippen LogP contribution in [0.3, 0.4) is 0 Å². The zero-order chi connectivity index (χ0) is 16.7. The van der Waals surface area contributed by atoms with E-state index in [0.29, 0.717) is 27.8 Å². The highest BCUT2D eigenvalue weighted by Gasteiger charge is 2.12. The van der Waals surface area contributed by atoms with Gasteiger partial charge < -0.3 is 9.52 Å². The lowest BCUT2D eigenvalue weighted by Crippen LogP contribution is -2.01. The molecule has 0 unspecified atom stereocenters. The van der Waals surface area contributed by atoms with E-state index in [4.69, 9.17) is 4.42 Å². The number of nitrogens with zero attached hydrogens (tertiary/aromatic N) is 4. The highest BCUT2D eigenvalue weighted by Crippen LogP contribution is 2.30. The molecule has 8 heteroatoms. The molecule has 4 rings (SSSR count). The second-order valence-electron chi connectivity index (χ2n) is 5.22. The van der Waals surface area contributed by atoms with Crippen LogP contribution in [0, 0.1) is 6.92 Å². The molecule has 0 spiro atoms. The van der Waals surface area contributed by atoms with Gasteiger partial charge in [-0.15, -0.1) is 5.10 Å². The molecule has 24 heavy (non-hydrogen) atoms. The summed E-state index contributed by atoms with van der Waals surface area (Å²) in [5.74, 6) is 1.13. The fourth-order valence-corrected chi connectivity index (χ4v) is 3.27. The van der Waals surface area contributed by atoms with Crippen molar-refractivity contribution in [1.82, 2.24) is 19.6 Å². The quantitative estimate of drug-likeness (QED) is 0.452. The van der Waals surface area contributed by atoms with Crippen molar-refractivity contribution in [3.63, 3.8) is 0 Å². The van der Waals surface area contributed by atoms with Crippen molar-refractivity contribution in [3.8, 4) is 5.75 Å². The van der Waals surface area contributed by atoms with E-state index in [1.165, 1.54) is 17.8 Å². The van der Waals surface area contributed by atoms with E-state index in [9.17, 15) is 9.90 Å². The molecule has 3 aromatic heterocycles. The Morgan fingerprint density at radius 2 is 2.25 bits per heavy atom. The van der Waals surface area contributed by atoms with Gasteiger partial charge in [-0.05, 0) is 30.7 Å². The summed E-state index contributed by atoms with van der Waals surface area (Å²) in [6.45, 7) is 1.72. The predicted octanol–water partition coefficient (Wildman–Crippen LogP) is 2.54. The Morgan fingerprint density at radius 3 is 3.08 bits per heavy atom. The number of thioether (sulfide) groups is 1. The van der Waals surface area contributed by atoms with Crippen molar-refractivity contribution in [2.24, 2.45) is 0 Å². The first-order valence-corrected chi connectivity index (χ1v) is 8.16. The summed E-state index contributed by atoms with van der Waals surface area (Å²) < 4.78 is 6.84. The molecule has 0 aliphatic carbocycles. The molecule has 120 valence electrons. The lowest BCUT2D eigenvalue weighted by Gasteiger charge is -2.07. The van der Waals surface area contributed by atoms with Gasteiger partial charge in [0.1, 0.15) is 11.3 Å². The van der Waals surface area contributed by atoms with Gasteiger partial charge in [0.2, 0.25) is 5.16 Å². The molecule has 3 heterocycles. The van der Waals surface area contributed by atoms with Crippen molar-refractivity contribution < 1.29 is 9.52 Å². The zero-order valence-electron chi connectivity index (χ0n) is 12.6. The van der Waals surface area contributed by atoms with Crippen molar-refractivity contribution in [2.45, 2.75) is 17.8 Å². The smallest absolute Gasteiger partial charge is 0.336 e. The number of phenolic OH excluding ortho intramolecular Hbond substituents is 1. The maximum absolute atomic E-state index is 11.8. The van der Waals surface area contributed by atoms with Gasteiger partial charge in [0.25, 0.3) is 5.78 Å². The first-order valence-electron chi connectivity index (χ1n) is 7.17. The number of aryl methyl sites for hydroxylation is 1. The third-order valence-electron chi connectivity index (χ3n) is 3.67. The maximum atomic E-state index is 11.8. The molecule has 0 bridgehead atoms. The lowest BCUT2D eigenvalue weighted by molar-refractivity contribution is 0.468. The standard InChI is InChI=1S/C16H12N4O3S/c1-9-12(21)4-3-11-10(7-13(22)23-14(9)11)8-24-16-18-15-17-5-2-6-20(15)19-16/h2-7,21H,8H2,1H3. The number of fused-ring (bicyclic) bond motifs is 2. The van der Waals surface area contributed by atoms with E-state index in [2.05, 4.69) is 15.1 Å². The first kappa shape index (κ1) is 14.7. The van der Waals surface area contributed by atoms with Crippen LogP contribution in [-0.4, -0.2) is 24.7 Å². The van der Waals surface area contributed by atoms with Gasteiger partial charge in [0.05, 0.1) is 0 Å². The van der Waals surface area contributed by atoms with Gasteiger partial charge >= 0.3 is 5.63 Å². The minimum Gasteiger partial charge on any atom is -0.508 e. The zero-order valence-corrected chi connectivity index (χ0v) is 13.4. The van der Waals surface area contributed by atoms with Crippen LogP contribution < -0.4 is 5.63 Å². The van der Waals surface area contributed by atoms with Crippen LogP contribution in [0.1, 0.15) is 11.1 Å². The summed E-state index contributed by atoms with van der Waals surface area (Å²) in [6.07, 6.45) is 3.43. The van der Waals surface area contributed by atoms with Crippen LogP contribution in [-0.2, 0) is 5.75 Å². The van der Waals surface area contributed by atoms with Crippen molar-refractivity contribution >= 4 is 28.5 Å². The molecular formula is C16H12N4O3S. The predicted molar refractivity (Wildman–Crippen MR) is 89.2 cm³/mol. The highest BCUT2D eigenvalue weighted by molar-refractivity contribution is 7.98. The minimum absolute atomic E-state index is 0.101. The molecule has 0 radical (unpaired) electrons. The van der Waals surface area contributed by atoms with E-state index >= 15 is 0 Å². The first-order chi connectivity index (χ1) is 11.6. The molecule has 0 aliphatic rings. The number of hydrogen-bond donors (Lipinski definition) is 1. The van der Waals surface area contributed by atoms with Gasteiger partial charge in [-0.25, -0.2) is 14.3 Å². The van der Waals surface area contributed by atoms with E-state index in [-0.39, 0.29) is 5.75 Å². The highest BCUT2D eigenvalue weighted by atomic mass is 32.2. The molecule has 0 amide bonds. The average Bonchev–Trinajstić information content (AvgIpc) is 2.99. The third kappa shape index (κ3) is 2.50. The van der Waals surface area contributed by atoms with Gasteiger partial charge in [0.15, 0.2) is 0 Å². The normalized spacial score (nSPS) is 11.4. The fraction of sp³-hybridized carbons (Fsp3) is 0.125. The van der Waals surface area contributed by atoms with Gasteiger partial charge in [0, 0.05) is 35.2 Å². The maximum Gasteiger partial charge on any atom is 0.336 e. The van der Waals surface area contributed by atoms with Crippen LogP contribution in [0.2, 0.25) is 0 Å². The number of rotatable bonds is 3. The number of phenols is 1. The summed E-state index contributed by atoms with van der Waals surface area (Å²) in [7, 11) is 0. The number of aromatic hydroxyl groups is 1. The van der Waals surface area contributed by atoms with Gasteiger partial charge in [-0.2, -0.15) is 4.98 Å². The van der Waals surface area contributed by atoms with E-state index < -0.39 is 5.63 Å². The molecule has 0 atom stereocenters. The van der Waals surface area contributed by atoms with Crippen LogP contribution >= 0.6 is 11.8 Å². The second-order valence-corrected chi connectivity index (χ2v) is 6.17. The van der Waals surface area contributed by atoms with E-state index in [0.717, 1.165) is 10.9 Å². The Balaban J connectivity index is 1.71. The van der Waals surface area contributed by atoms with E-state index in [1.54, 1.807) is 42.0 Å². The number of hydrogen-bond acceptors (Lipinski definition) is 7.